The lowest BCUT2D eigenvalue weighted by molar-refractivity contribution is 0.881. The van der Waals surface area contributed by atoms with Crippen molar-refractivity contribution in [3.05, 3.63) is 20.3 Å². The van der Waals surface area contributed by atoms with Crippen molar-refractivity contribution in [1.82, 2.24) is 0 Å². The molecule has 0 radical (unpaired) electrons. The van der Waals surface area contributed by atoms with Crippen LogP contribution in [0.4, 0.5) is 0 Å². The van der Waals surface area contributed by atoms with Crippen LogP contribution in [-0.2, 0) is 0 Å². The summed E-state index contributed by atoms with van der Waals surface area (Å²) in [6.07, 6.45) is 0. The lowest BCUT2D eigenvalue weighted by atomic mass is 10.1. The molecule has 0 aromatic carbocycles. The molecule has 0 bridgehead atoms. The van der Waals surface area contributed by atoms with Crippen molar-refractivity contribution < 1.29 is 0 Å². The number of thiophene rings is 1. The Labute approximate surface area is 104 Å². The molecule has 1 aromatic rings. The Bertz CT molecular complexity index is 269. The Morgan fingerprint density at radius 2 is 1.33 bits per heavy atom. The first-order valence-electron chi connectivity index (χ1n) is 5.73. The van der Waals surface area contributed by atoms with E-state index in [-0.39, 0.29) is 0 Å². The Kier molecular flexibility index (Phi) is 6.54. The molecule has 1 aromatic heterocycles. The van der Waals surface area contributed by atoms with Gasteiger partial charge >= 0.3 is 0 Å². The molecule has 88 valence electrons. The fourth-order valence-corrected chi connectivity index (χ4v) is 3.15. The highest BCUT2D eigenvalue weighted by Gasteiger charge is 2.16. The smallest absolute Gasteiger partial charge is 0.0579 e. The second-order valence-corrected chi connectivity index (χ2v) is 5.54. The summed E-state index contributed by atoms with van der Waals surface area (Å²) in [6, 6.07) is 0. The van der Waals surface area contributed by atoms with E-state index in [2.05, 4.69) is 34.6 Å². The zero-order valence-electron chi connectivity index (χ0n) is 10.9. The molecule has 0 atom stereocenters. The monoisotopic (exact) mass is 246 g/mol. The molecule has 0 aliphatic rings. The SMILES string of the molecule is CC.Cc1c(C(C)C)sc(C(C)C)c1Cl. The molecule has 0 aliphatic heterocycles. The highest BCUT2D eigenvalue weighted by atomic mass is 35.5. The molecule has 15 heavy (non-hydrogen) atoms. The van der Waals surface area contributed by atoms with Crippen molar-refractivity contribution in [2.75, 3.05) is 0 Å². The first kappa shape index (κ1) is 15.0. The molecule has 0 saturated carbocycles. The highest BCUT2D eigenvalue weighted by Crippen LogP contribution is 2.40. The average molecular weight is 247 g/mol. The van der Waals surface area contributed by atoms with Crippen LogP contribution in [0, 0.1) is 6.92 Å². The van der Waals surface area contributed by atoms with Gasteiger partial charge in [-0.15, -0.1) is 11.3 Å². The molecule has 0 N–H and O–H groups in total. The lowest BCUT2D eigenvalue weighted by Crippen LogP contribution is -1.84. The summed E-state index contributed by atoms with van der Waals surface area (Å²) in [5.74, 6) is 1.14. The maximum Gasteiger partial charge on any atom is 0.0579 e. The number of hydrogen-bond donors (Lipinski definition) is 0. The van der Waals surface area contributed by atoms with E-state index in [1.807, 2.05) is 25.2 Å². The summed E-state index contributed by atoms with van der Waals surface area (Å²) < 4.78 is 0. The molecule has 0 nitrogen and oxygen atoms in total. The third-order valence-electron chi connectivity index (χ3n) is 2.18. The van der Waals surface area contributed by atoms with E-state index in [1.54, 1.807) is 0 Å². The van der Waals surface area contributed by atoms with Crippen LogP contribution in [0.2, 0.25) is 5.02 Å². The zero-order valence-corrected chi connectivity index (χ0v) is 12.5. The predicted octanol–water partition coefficient (Wildman–Crippen LogP) is 5.98. The second-order valence-electron chi connectivity index (χ2n) is 4.08. The molecule has 0 saturated heterocycles. The van der Waals surface area contributed by atoms with Crippen LogP contribution in [0.5, 0.6) is 0 Å². The van der Waals surface area contributed by atoms with Gasteiger partial charge in [0.1, 0.15) is 0 Å². The maximum absolute atomic E-state index is 6.26. The molecular weight excluding hydrogens is 224 g/mol. The largest absolute Gasteiger partial charge is 0.143 e. The molecule has 0 unspecified atom stereocenters. The summed E-state index contributed by atoms with van der Waals surface area (Å²) in [7, 11) is 0. The standard InChI is InChI=1S/C11H17ClS.C2H6/c1-6(2)10-8(5)9(12)11(13-10)7(3)4;1-2/h6-7H,1-5H3;1-2H3. The fourth-order valence-electron chi connectivity index (χ4n) is 1.45. The lowest BCUT2D eigenvalue weighted by Gasteiger charge is -2.01. The van der Waals surface area contributed by atoms with Gasteiger partial charge in [-0.05, 0) is 24.3 Å². The summed E-state index contributed by atoms with van der Waals surface area (Å²) in [5, 5.41) is 0.990. The fraction of sp³-hybridized carbons (Fsp3) is 0.692. The van der Waals surface area contributed by atoms with Crippen molar-refractivity contribution in [2.24, 2.45) is 0 Å². The first-order chi connectivity index (χ1) is 6.95. The van der Waals surface area contributed by atoms with Crippen LogP contribution >= 0.6 is 22.9 Å². The van der Waals surface area contributed by atoms with Gasteiger partial charge in [0.05, 0.1) is 5.02 Å². The molecular formula is C13H23ClS. The van der Waals surface area contributed by atoms with Crippen LogP contribution in [0.25, 0.3) is 0 Å². The highest BCUT2D eigenvalue weighted by molar-refractivity contribution is 7.13. The summed E-state index contributed by atoms with van der Waals surface area (Å²) >= 11 is 8.13. The normalized spacial score (nSPS) is 10.5. The van der Waals surface area contributed by atoms with Gasteiger partial charge < -0.3 is 0 Å². The summed E-state index contributed by atoms with van der Waals surface area (Å²) in [6.45, 7) is 15.0. The maximum atomic E-state index is 6.26. The van der Waals surface area contributed by atoms with Gasteiger partial charge in [0, 0.05) is 9.75 Å². The van der Waals surface area contributed by atoms with E-state index in [0.29, 0.717) is 11.8 Å². The third kappa shape index (κ3) is 3.49. The Morgan fingerprint density at radius 1 is 0.933 bits per heavy atom. The molecule has 0 spiro atoms. The van der Waals surface area contributed by atoms with Crippen molar-refractivity contribution in [3.63, 3.8) is 0 Å². The van der Waals surface area contributed by atoms with Crippen molar-refractivity contribution >= 4 is 22.9 Å². The van der Waals surface area contributed by atoms with Gasteiger partial charge in [0.2, 0.25) is 0 Å². The van der Waals surface area contributed by atoms with E-state index >= 15 is 0 Å². The Morgan fingerprint density at radius 3 is 1.53 bits per heavy atom. The number of rotatable bonds is 2. The molecule has 0 amide bonds. The average Bonchev–Trinajstić information content (AvgIpc) is 2.47. The molecule has 0 aliphatic carbocycles. The van der Waals surface area contributed by atoms with E-state index < -0.39 is 0 Å². The molecule has 1 heterocycles. The third-order valence-corrected chi connectivity index (χ3v) is 4.68. The van der Waals surface area contributed by atoms with Crippen molar-refractivity contribution in [3.8, 4) is 0 Å². The first-order valence-corrected chi connectivity index (χ1v) is 6.93. The predicted molar refractivity (Wildman–Crippen MR) is 73.6 cm³/mol. The molecule has 2 heteroatoms. The van der Waals surface area contributed by atoms with Crippen LogP contribution in [0.15, 0.2) is 0 Å². The van der Waals surface area contributed by atoms with E-state index in [4.69, 9.17) is 11.6 Å². The topological polar surface area (TPSA) is 0 Å². The van der Waals surface area contributed by atoms with E-state index in [0.717, 1.165) is 5.02 Å². The van der Waals surface area contributed by atoms with Gasteiger partial charge in [-0.3, -0.25) is 0 Å². The quantitative estimate of drug-likeness (QED) is 0.602. The van der Waals surface area contributed by atoms with Crippen molar-refractivity contribution in [1.29, 1.82) is 0 Å². The Hall–Kier alpha value is -0.0100. The van der Waals surface area contributed by atoms with Crippen LogP contribution in [-0.4, -0.2) is 0 Å². The van der Waals surface area contributed by atoms with Gasteiger partial charge in [0.15, 0.2) is 0 Å². The van der Waals surface area contributed by atoms with Crippen molar-refractivity contribution in [2.45, 2.75) is 60.3 Å². The van der Waals surface area contributed by atoms with Gasteiger partial charge in [-0.1, -0.05) is 53.1 Å². The van der Waals surface area contributed by atoms with Gasteiger partial charge in [-0.2, -0.15) is 0 Å². The summed E-state index contributed by atoms with van der Waals surface area (Å²) in [4.78, 5) is 2.77. The van der Waals surface area contributed by atoms with Crippen LogP contribution in [0.1, 0.15) is 68.7 Å². The van der Waals surface area contributed by atoms with E-state index in [1.165, 1.54) is 15.3 Å². The number of halogens is 1. The second kappa shape index (κ2) is 6.55. The minimum atomic E-state index is 0.545. The molecule has 1 rings (SSSR count). The number of hydrogen-bond acceptors (Lipinski definition) is 1. The van der Waals surface area contributed by atoms with Gasteiger partial charge in [0.25, 0.3) is 0 Å². The zero-order chi connectivity index (χ0) is 12.2. The minimum Gasteiger partial charge on any atom is -0.143 e. The minimum absolute atomic E-state index is 0.545. The van der Waals surface area contributed by atoms with Gasteiger partial charge in [-0.25, -0.2) is 0 Å². The van der Waals surface area contributed by atoms with Crippen LogP contribution < -0.4 is 0 Å². The van der Waals surface area contributed by atoms with Crippen LogP contribution in [0.3, 0.4) is 0 Å². The van der Waals surface area contributed by atoms with E-state index in [9.17, 15) is 0 Å². The summed E-state index contributed by atoms with van der Waals surface area (Å²) in [5.41, 5.74) is 1.28. The Balaban J connectivity index is 0.000000921. The molecule has 0 fully saturated rings.